The first-order valence-corrected chi connectivity index (χ1v) is 7.62. The molecule has 1 aromatic carbocycles. The van der Waals surface area contributed by atoms with Crippen LogP contribution in [0, 0.1) is 5.82 Å². The molecule has 0 heterocycles. The molecule has 2 atom stereocenters. The van der Waals surface area contributed by atoms with Gasteiger partial charge in [0.1, 0.15) is 5.82 Å². The molecule has 2 unspecified atom stereocenters. The maximum atomic E-state index is 13.3. The Kier molecular flexibility index (Phi) is 5.31. The summed E-state index contributed by atoms with van der Waals surface area (Å²) in [7, 11) is -3.52. The molecule has 5 heteroatoms. The fourth-order valence-electron chi connectivity index (χ4n) is 1.75. The first kappa shape index (κ1) is 14.4. The normalized spacial score (nSPS) is 16.5. The van der Waals surface area contributed by atoms with Gasteiger partial charge in [-0.25, -0.2) is 9.48 Å². The van der Waals surface area contributed by atoms with Crippen LogP contribution in [0.2, 0.25) is 0 Å². The average molecular weight is 259 g/mol. The predicted octanol–water partition coefficient (Wildman–Crippen LogP) is 3.29. The van der Waals surface area contributed by atoms with Crippen LogP contribution in [-0.2, 0) is 10.7 Å². The highest BCUT2D eigenvalue weighted by Gasteiger charge is 2.22. The second-order valence-corrected chi connectivity index (χ2v) is 6.25. The predicted molar refractivity (Wildman–Crippen MR) is 67.4 cm³/mol. The number of hydrogen-bond acceptors (Lipinski definition) is 1. The summed E-state index contributed by atoms with van der Waals surface area (Å²) in [5.74, 6) is -0.438. The lowest BCUT2D eigenvalue weighted by atomic mass is 10.2. The minimum Gasteiger partial charge on any atom is -0.333 e. The lowest BCUT2D eigenvalue weighted by Crippen LogP contribution is -2.23. The fourth-order valence-corrected chi connectivity index (χ4v) is 3.37. The van der Waals surface area contributed by atoms with Crippen LogP contribution in [0.4, 0.5) is 4.39 Å². The molecule has 96 valence electrons. The van der Waals surface area contributed by atoms with Gasteiger partial charge in [0.15, 0.2) is 0 Å². The third kappa shape index (κ3) is 4.99. The molecule has 1 rings (SSSR count). The summed E-state index contributed by atoms with van der Waals surface area (Å²) in [5, 5.41) is 2.68. The SMILES string of the molecule is CCCC(C)NP(=O)(O)Cc1ccccc1F. The van der Waals surface area contributed by atoms with E-state index < -0.39 is 13.3 Å². The minimum atomic E-state index is -3.52. The Hall–Kier alpha value is -0.700. The number of rotatable bonds is 6. The van der Waals surface area contributed by atoms with E-state index in [4.69, 9.17) is 0 Å². The van der Waals surface area contributed by atoms with Crippen LogP contribution in [0.5, 0.6) is 0 Å². The Balaban J connectivity index is 2.67. The van der Waals surface area contributed by atoms with Crippen molar-refractivity contribution in [2.75, 3.05) is 0 Å². The Bertz CT molecular complexity index is 411. The summed E-state index contributed by atoms with van der Waals surface area (Å²) in [5.41, 5.74) is 0.273. The maximum Gasteiger partial charge on any atom is 0.271 e. The summed E-state index contributed by atoms with van der Waals surface area (Å²) in [6, 6.07) is 6.01. The Morgan fingerprint density at radius 2 is 2.12 bits per heavy atom. The van der Waals surface area contributed by atoms with E-state index in [1.54, 1.807) is 12.1 Å². The first-order valence-electron chi connectivity index (χ1n) is 5.77. The topological polar surface area (TPSA) is 49.3 Å². The van der Waals surface area contributed by atoms with Gasteiger partial charge in [0.2, 0.25) is 0 Å². The van der Waals surface area contributed by atoms with E-state index >= 15 is 0 Å². The molecule has 0 bridgehead atoms. The summed E-state index contributed by atoms with van der Waals surface area (Å²) in [6.45, 7) is 3.87. The smallest absolute Gasteiger partial charge is 0.271 e. The van der Waals surface area contributed by atoms with E-state index in [1.165, 1.54) is 12.1 Å². The molecule has 0 aromatic heterocycles. The van der Waals surface area contributed by atoms with Gasteiger partial charge in [-0.05, 0) is 25.0 Å². The molecule has 0 saturated carbocycles. The number of benzene rings is 1. The zero-order valence-corrected chi connectivity index (χ0v) is 11.1. The molecular formula is C12H19FNO2P. The first-order chi connectivity index (χ1) is 7.94. The molecule has 1 aromatic rings. The van der Waals surface area contributed by atoms with Crippen molar-refractivity contribution in [1.29, 1.82) is 0 Å². The Morgan fingerprint density at radius 1 is 1.47 bits per heavy atom. The van der Waals surface area contributed by atoms with Crippen LogP contribution in [0.25, 0.3) is 0 Å². The molecule has 0 amide bonds. The van der Waals surface area contributed by atoms with Gasteiger partial charge in [-0.3, -0.25) is 4.57 Å². The van der Waals surface area contributed by atoms with Gasteiger partial charge >= 0.3 is 0 Å². The van der Waals surface area contributed by atoms with Crippen molar-refractivity contribution in [3.8, 4) is 0 Å². The van der Waals surface area contributed by atoms with E-state index in [1.807, 2.05) is 13.8 Å². The lowest BCUT2D eigenvalue weighted by Gasteiger charge is -2.18. The minimum absolute atomic E-state index is 0.0393. The molecule has 0 aliphatic carbocycles. The lowest BCUT2D eigenvalue weighted by molar-refractivity contribution is 0.442. The molecule has 0 aliphatic heterocycles. The van der Waals surface area contributed by atoms with E-state index in [-0.39, 0.29) is 17.8 Å². The fraction of sp³-hybridized carbons (Fsp3) is 0.500. The van der Waals surface area contributed by atoms with Gasteiger partial charge in [-0.1, -0.05) is 31.5 Å². The second kappa shape index (κ2) is 6.29. The summed E-state index contributed by atoms with van der Waals surface area (Å²) in [4.78, 5) is 9.77. The van der Waals surface area contributed by atoms with Crippen molar-refractivity contribution in [1.82, 2.24) is 5.09 Å². The number of hydrogen-bond donors (Lipinski definition) is 2. The van der Waals surface area contributed by atoms with Crippen LogP contribution in [0.3, 0.4) is 0 Å². The van der Waals surface area contributed by atoms with Crippen LogP contribution >= 0.6 is 7.52 Å². The molecule has 0 fully saturated rings. The maximum absolute atomic E-state index is 13.3. The van der Waals surface area contributed by atoms with Crippen LogP contribution in [0.15, 0.2) is 24.3 Å². The summed E-state index contributed by atoms with van der Waals surface area (Å²) < 4.78 is 25.2. The molecule has 2 N–H and O–H groups in total. The molecule has 0 spiro atoms. The van der Waals surface area contributed by atoms with Gasteiger partial charge in [-0.2, -0.15) is 0 Å². The van der Waals surface area contributed by atoms with Gasteiger partial charge < -0.3 is 4.89 Å². The van der Waals surface area contributed by atoms with Crippen molar-refractivity contribution in [2.45, 2.75) is 38.9 Å². The van der Waals surface area contributed by atoms with Gasteiger partial charge in [0.25, 0.3) is 7.52 Å². The van der Waals surface area contributed by atoms with Crippen LogP contribution in [0.1, 0.15) is 32.3 Å². The van der Waals surface area contributed by atoms with E-state index in [0.717, 1.165) is 12.8 Å². The highest BCUT2D eigenvalue weighted by molar-refractivity contribution is 7.55. The van der Waals surface area contributed by atoms with E-state index in [2.05, 4.69) is 5.09 Å². The number of halogens is 1. The van der Waals surface area contributed by atoms with E-state index in [0.29, 0.717) is 0 Å². The van der Waals surface area contributed by atoms with Crippen LogP contribution in [-0.4, -0.2) is 10.9 Å². The van der Waals surface area contributed by atoms with Gasteiger partial charge in [0.05, 0.1) is 6.16 Å². The average Bonchev–Trinajstić information content (AvgIpc) is 2.20. The van der Waals surface area contributed by atoms with Crippen LogP contribution < -0.4 is 5.09 Å². The number of nitrogens with one attached hydrogen (secondary N) is 1. The monoisotopic (exact) mass is 259 g/mol. The molecule has 0 saturated heterocycles. The summed E-state index contributed by atoms with van der Waals surface area (Å²) in [6.07, 6.45) is 1.59. The van der Waals surface area contributed by atoms with Gasteiger partial charge in [-0.15, -0.1) is 0 Å². The second-order valence-electron chi connectivity index (χ2n) is 4.27. The standard InChI is InChI=1S/C12H19FNO2P/c1-3-6-10(2)14-17(15,16)9-11-7-4-5-8-12(11)13/h4-5,7-8,10H,3,6,9H2,1-2H3,(H2,14,15,16). The molecule has 3 nitrogen and oxygen atoms in total. The Morgan fingerprint density at radius 3 is 2.71 bits per heavy atom. The van der Waals surface area contributed by atoms with E-state index in [9.17, 15) is 13.8 Å². The van der Waals surface area contributed by atoms with Crippen molar-refractivity contribution in [2.24, 2.45) is 0 Å². The highest BCUT2D eigenvalue weighted by atomic mass is 31.2. The Labute approximate surface area is 102 Å². The molecule has 17 heavy (non-hydrogen) atoms. The highest BCUT2D eigenvalue weighted by Crippen LogP contribution is 2.41. The third-order valence-electron chi connectivity index (χ3n) is 2.49. The third-order valence-corrected chi connectivity index (χ3v) is 4.10. The zero-order chi connectivity index (χ0) is 12.9. The molecule has 0 aliphatic rings. The van der Waals surface area contributed by atoms with Crippen molar-refractivity contribution in [3.63, 3.8) is 0 Å². The van der Waals surface area contributed by atoms with Crippen molar-refractivity contribution in [3.05, 3.63) is 35.6 Å². The van der Waals surface area contributed by atoms with Gasteiger partial charge in [0, 0.05) is 6.04 Å². The van der Waals surface area contributed by atoms with Crippen molar-refractivity contribution < 1.29 is 13.8 Å². The van der Waals surface area contributed by atoms with Crippen molar-refractivity contribution >= 4 is 7.52 Å². The molecular weight excluding hydrogens is 240 g/mol. The summed E-state index contributed by atoms with van der Waals surface area (Å²) >= 11 is 0. The quantitative estimate of drug-likeness (QED) is 0.771. The largest absolute Gasteiger partial charge is 0.333 e. The molecule has 0 radical (unpaired) electrons. The zero-order valence-electron chi connectivity index (χ0n) is 10.2.